The molecule has 4 nitrogen and oxygen atoms in total. The van der Waals surface area contributed by atoms with Crippen LogP contribution in [0.2, 0.25) is 0 Å². The lowest BCUT2D eigenvalue weighted by Crippen LogP contribution is -2.29. The normalized spacial score (nSPS) is 13.3. The highest BCUT2D eigenvalue weighted by atomic mass is 31.1. The summed E-state index contributed by atoms with van der Waals surface area (Å²) in [6.07, 6.45) is 4.06. The Bertz CT molecular complexity index is 269. The quantitative estimate of drug-likeness (QED) is 0.368. The lowest BCUT2D eigenvalue weighted by atomic mass is 10.5. The summed E-state index contributed by atoms with van der Waals surface area (Å²) >= 11 is 0. The van der Waals surface area contributed by atoms with Crippen LogP contribution in [0.15, 0.2) is 16.5 Å². The monoisotopic (exact) mass is 286 g/mol. The fourth-order valence-corrected chi connectivity index (χ4v) is 4.47. The molecule has 0 saturated carbocycles. The van der Waals surface area contributed by atoms with Crippen LogP contribution in [-0.2, 0) is 0 Å². The first-order chi connectivity index (χ1) is 9.01. The standard InChI is InChI=1S/C14H31N4P/c1-8-17(9-2)19(18(10-3)11-4)14(5)12-13-15-16(6)7/h12-13H,8-11H2,1-7H3/b14-12+,15-13+. The second kappa shape index (κ2) is 10.4. The van der Waals surface area contributed by atoms with Gasteiger partial charge in [-0.3, -0.25) is 9.34 Å². The average Bonchev–Trinajstić information content (AvgIpc) is 2.38. The van der Waals surface area contributed by atoms with Crippen LogP contribution < -0.4 is 0 Å². The predicted molar refractivity (Wildman–Crippen MR) is 88.7 cm³/mol. The van der Waals surface area contributed by atoms with Crippen LogP contribution in [0.3, 0.4) is 0 Å². The zero-order valence-electron chi connectivity index (χ0n) is 13.7. The summed E-state index contributed by atoms with van der Waals surface area (Å²) in [5, 5.41) is 7.50. The molecule has 19 heavy (non-hydrogen) atoms. The van der Waals surface area contributed by atoms with E-state index >= 15 is 0 Å². The number of hydrogen-bond donors (Lipinski definition) is 0. The van der Waals surface area contributed by atoms with Gasteiger partial charge in [0.15, 0.2) is 0 Å². The van der Waals surface area contributed by atoms with Crippen LogP contribution in [0.4, 0.5) is 0 Å². The van der Waals surface area contributed by atoms with Gasteiger partial charge in [-0.15, -0.1) is 0 Å². The van der Waals surface area contributed by atoms with Gasteiger partial charge in [-0.05, 0) is 18.3 Å². The van der Waals surface area contributed by atoms with Gasteiger partial charge < -0.3 is 5.01 Å². The van der Waals surface area contributed by atoms with Crippen molar-refractivity contribution in [3.8, 4) is 0 Å². The van der Waals surface area contributed by atoms with Crippen molar-refractivity contribution >= 4 is 14.4 Å². The first-order valence-electron chi connectivity index (χ1n) is 7.19. The maximum atomic E-state index is 4.27. The van der Waals surface area contributed by atoms with E-state index in [1.54, 1.807) is 0 Å². The molecule has 0 aliphatic heterocycles. The summed E-state index contributed by atoms with van der Waals surface area (Å²) in [6.45, 7) is 15.6. The molecule has 0 unspecified atom stereocenters. The highest BCUT2D eigenvalue weighted by molar-refractivity contribution is 7.57. The van der Waals surface area contributed by atoms with Crippen LogP contribution in [0, 0.1) is 0 Å². The maximum absolute atomic E-state index is 4.27. The molecule has 0 aromatic heterocycles. The summed E-state index contributed by atoms with van der Waals surface area (Å²) in [5.74, 6) is 0. The van der Waals surface area contributed by atoms with Gasteiger partial charge >= 0.3 is 0 Å². The molecule has 112 valence electrons. The Balaban J connectivity index is 5.10. The minimum atomic E-state index is -0.362. The van der Waals surface area contributed by atoms with E-state index in [-0.39, 0.29) is 8.22 Å². The van der Waals surface area contributed by atoms with Crippen LogP contribution >= 0.6 is 8.22 Å². The van der Waals surface area contributed by atoms with Gasteiger partial charge in [-0.2, -0.15) is 5.10 Å². The van der Waals surface area contributed by atoms with Crippen molar-refractivity contribution in [2.45, 2.75) is 34.6 Å². The number of hydrazone groups is 1. The van der Waals surface area contributed by atoms with E-state index in [4.69, 9.17) is 0 Å². The van der Waals surface area contributed by atoms with Gasteiger partial charge in [0.05, 0.1) is 8.22 Å². The summed E-state index contributed by atoms with van der Waals surface area (Å²) < 4.78 is 5.11. The number of allylic oxidation sites excluding steroid dienone is 2. The third-order valence-corrected chi connectivity index (χ3v) is 5.91. The largest absolute Gasteiger partial charge is 0.303 e. The molecular formula is C14H31N4P. The van der Waals surface area contributed by atoms with Crippen LogP contribution in [0.5, 0.6) is 0 Å². The minimum Gasteiger partial charge on any atom is -0.303 e. The molecule has 0 saturated heterocycles. The third-order valence-electron chi connectivity index (χ3n) is 2.92. The van der Waals surface area contributed by atoms with E-state index in [9.17, 15) is 0 Å². The highest BCUT2D eigenvalue weighted by Crippen LogP contribution is 2.50. The molecule has 0 aromatic carbocycles. The second-order valence-electron chi connectivity index (χ2n) is 4.49. The Labute approximate surface area is 121 Å². The van der Waals surface area contributed by atoms with Gasteiger partial charge in [-0.1, -0.05) is 27.7 Å². The fraction of sp³-hybridized carbons (Fsp3) is 0.786. The molecule has 0 heterocycles. The van der Waals surface area contributed by atoms with E-state index in [2.05, 4.69) is 55.1 Å². The lowest BCUT2D eigenvalue weighted by molar-refractivity contribution is 0.427. The Morgan fingerprint density at radius 2 is 1.37 bits per heavy atom. The Morgan fingerprint density at radius 1 is 0.947 bits per heavy atom. The van der Waals surface area contributed by atoms with E-state index in [1.807, 2.05) is 25.3 Å². The van der Waals surface area contributed by atoms with Crippen molar-refractivity contribution in [1.82, 2.24) is 14.3 Å². The van der Waals surface area contributed by atoms with Crippen LogP contribution in [-0.4, -0.2) is 60.8 Å². The van der Waals surface area contributed by atoms with E-state index in [1.165, 1.54) is 5.31 Å². The second-order valence-corrected chi connectivity index (χ2v) is 6.90. The van der Waals surface area contributed by atoms with Crippen molar-refractivity contribution < 1.29 is 0 Å². The SMILES string of the molecule is CCN(CC)P(/C(C)=C/C=N/N(C)C)N(CC)CC. The van der Waals surface area contributed by atoms with Crippen LogP contribution in [0.25, 0.3) is 0 Å². The van der Waals surface area contributed by atoms with Gasteiger partial charge in [0.2, 0.25) is 0 Å². The molecule has 0 radical (unpaired) electrons. The predicted octanol–water partition coefficient (Wildman–Crippen LogP) is 3.43. The first kappa shape index (κ1) is 18.6. The van der Waals surface area contributed by atoms with Gasteiger partial charge in [0.25, 0.3) is 0 Å². The Morgan fingerprint density at radius 3 is 1.68 bits per heavy atom. The Kier molecular flexibility index (Phi) is 10.1. The molecule has 0 spiro atoms. The molecule has 0 amide bonds. The van der Waals surface area contributed by atoms with E-state index in [0.29, 0.717) is 0 Å². The smallest absolute Gasteiger partial charge is 0.0679 e. The molecule has 0 N–H and O–H groups in total. The first-order valence-corrected chi connectivity index (χ1v) is 8.44. The average molecular weight is 286 g/mol. The third kappa shape index (κ3) is 6.51. The van der Waals surface area contributed by atoms with E-state index < -0.39 is 0 Å². The molecule has 0 fully saturated rings. The molecule has 0 atom stereocenters. The molecular weight excluding hydrogens is 255 g/mol. The molecule has 0 aliphatic carbocycles. The maximum Gasteiger partial charge on any atom is 0.0679 e. The van der Waals surface area contributed by atoms with E-state index in [0.717, 1.165) is 26.2 Å². The van der Waals surface area contributed by atoms with Gasteiger partial charge in [0, 0.05) is 46.5 Å². The summed E-state index contributed by atoms with van der Waals surface area (Å²) in [6, 6.07) is 0. The van der Waals surface area contributed by atoms with Gasteiger partial charge in [0.1, 0.15) is 0 Å². The highest BCUT2D eigenvalue weighted by Gasteiger charge is 2.22. The zero-order chi connectivity index (χ0) is 14.8. The molecule has 0 aromatic rings. The van der Waals surface area contributed by atoms with Crippen molar-refractivity contribution in [2.75, 3.05) is 40.3 Å². The topological polar surface area (TPSA) is 22.1 Å². The summed E-state index contributed by atoms with van der Waals surface area (Å²) in [7, 11) is 3.52. The summed E-state index contributed by atoms with van der Waals surface area (Å²) in [4.78, 5) is 0. The fourth-order valence-electron chi connectivity index (χ4n) is 1.95. The Hall–Kier alpha value is -0.440. The molecule has 5 heteroatoms. The van der Waals surface area contributed by atoms with Crippen molar-refractivity contribution in [2.24, 2.45) is 5.10 Å². The number of rotatable bonds is 9. The zero-order valence-corrected chi connectivity index (χ0v) is 14.6. The molecule has 0 aliphatic rings. The minimum absolute atomic E-state index is 0.362. The van der Waals surface area contributed by atoms with Crippen molar-refractivity contribution in [3.63, 3.8) is 0 Å². The van der Waals surface area contributed by atoms with Crippen molar-refractivity contribution in [1.29, 1.82) is 0 Å². The number of nitrogens with zero attached hydrogens (tertiary/aromatic N) is 4. The lowest BCUT2D eigenvalue weighted by Gasteiger charge is -2.38. The number of hydrogen-bond acceptors (Lipinski definition) is 4. The molecule has 0 bridgehead atoms. The van der Waals surface area contributed by atoms with Gasteiger partial charge in [-0.25, -0.2) is 0 Å². The summed E-state index contributed by atoms with van der Waals surface area (Å²) in [5.41, 5.74) is 0. The van der Waals surface area contributed by atoms with Crippen LogP contribution in [0.1, 0.15) is 34.6 Å². The molecule has 0 rings (SSSR count). The van der Waals surface area contributed by atoms with Crippen molar-refractivity contribution in [3.05, 3.63) is 11.4 Å².